The SMILES string of the molecule is CC(=O)NC1CC(Cn2cc(-c3cccnc3)nn2)C(O)C1O. The van der Waals surface area contributed by atoms with Gasteiger partial charge >= 0.3 is 0 Å². The zero-order valence-electron chi connectivity index (χ0n) is 12.7. The summed E-state index contributed by atoms with van der Waals surface area (Å²) in [4.78, 5) is 15.2. The molecule has 0 bridgehead atoms. The third-order valence-electron chi connectivity index (χ3n) is 4.11. The molecule has 0 radical (unpaired) electrons. The minimum Gasteiger partial charge on any atom is -0.390 e. The number of carbonyl (C=O) groups excluding carboxylic acids is 1. The summed E-state index contributed by atoms with van der Waals surface area (Å²) in [6.45, 7) is 1.81. The average Bonchev–Trinajstić information content (AvgIpc) is 3.10. The molecule has 1 fully saturated rings. The molecule has 2 heterocycles. The van der Waals surface area contributed by atoms with Gasteiger partial charge in [0.15, 0.2) is 0 Å². The zero-order chi connectivity index (χ0) is 16.4. The van der Waals surface area contributed by atoms with Crippen LogP contribution in [0.5, 0.6) is 0 Å². The molecule has 8 heteroatoms. The second kappa shape index (κ2) is 6.43. The Hall–Kier alpha value is -2.32. The van der Waals surface area contributed by atoms with E-state index >= 15 is 0 Å². The van der Waals surface area contributed by atoms with Crippen LogP contribution in [-0.2, 0) is 11.3 Å². The van der Waals surface area contributed by atoms with Crippen molar-refractivity contribution in [3.63, 3.8) is 0 Å². The van der Waals surface area contributed by atoms with E-state index in [0.717, 1.165) is 5.56 Å². The molecular formula is C15H19N5O3. The normalized spacial score (nSPS) is 27.1. The number of nitrogens with one attached hydrogen (secondary N) is 1. The molecule has 4 atom stereocenters. The largest absolute Gasteiger partial charge is 0.390 e. The summed E-state index contributed by atoms with van der Waals surface area (Å²) in [5, 5.41) is 31.0. The van der Waals surface area contributed by atoms with Gasteiger partial charge in [0.2, 0.25) is 5.91 Å². The lowest BCUT2D eigenvalue weighted by atomic mass is 10.1. The molecule has 3 N–H and O–H groups in total. The molecule has 1 amide bonds. The first-order valence-electron chi connectivity index (χ1n) is 7.48. The smallest absolute Gasteiger partial charge is 0.217 e. The Morgan fingerprint density at radius 2 is 2.26 bits per heavy atom. The van der Waals surface area contributed by atoms with Gasteiger partial charge in [0, 0.05) is 37.3 Å². The highest BCUT2D eigenvalue weighted by Crippen LogP contribution is 2.28. The van der Waals surface area contributed by atoms with Gasteiger partial charge in [0.25, 0.3) is 0 Å². The summed E-state index contributed by atoms with van der Waals surface area (Å²) in [5.74, 6) is -0.424. The quantitative estimate of drug-likeness (QED) is 0.706. The Labute approximate surface area is 133 Å². The van der Waals surface area contributed by atoms with Gasteiger partial charge in [-0.15, -0.1) is 5.10 Å². The van der Waals surface area contributed by atoms with Crippen LogP contribution in [0.4, 0.5) is 0 Å². The molecule has 1 aliphatic carbocycles. The molecule has 8 nitrogen and oxygen atoms in total. The van der Waals surface area contributed by atoms with E-state index in [9.17, 15) is 15.0 Å². The summed E-state index contributed by atoms with van der Waals surface area (Å²) in [6, 6.07) is 3.28. The lowest BCUT2D eigenvalue weighted by Gasteiger charge is -2.17. The number of nitrogens with zero attached hydrogens (tertiary/aromatic N) is 4. The van der Waals surface area contributed by atoms with Gasteiger partial charge in [-0.2, -0.15) is 0 Å². The van der Waals surface area contributed by atoms with E-state index in [4.69, 9.17) is 0 Å². The Morgan fingerprint density at radius 1 is 1.43 bits per heavy atom. The van der Waals surface area contributed by atoms with E-state index in [2.05, 4.69) is 20.6 Å². The molecule has 0 saturated heterocycles. The molecule has 0 spiro atoms. The maximum Gasteiger partial charge on any atom is 0.217 e. The van der Waals surface area contributed by atoms with Crippen molar-refractivity contribution in [2.24, 2.45) is 5.92 Å². The highest BCUT2D eigenvalue weighted by atomic mass is 16.3. The number of aliphatic hydroxyl groups excluding tert-OH is 2. The minimum absolute atomic E-state index is 0.203. The first kappa shape index (κ1) is 15.6. The Balaban J connectivity index is 1.68. The van der Waals surface area contributed by atoms with Crippen molar-refractivity contribution in [3.8, 4) is 11.3 Å². The predicted octanol–water partition coefficient (Wildman–Crippen LogP) is -0.414. The molecule has 23 heavy (non-hydrogen) atoms. The van der Waals surface area contributed by atoms with Crippen molar-refractivity contribution in [1.82, 2.24) is 25.3 Å². The van der Waals surface area contributed by atoms with Crippen LogP contribution in [0, 0.1) is 5.92 Å². The number of pyridine rings is 1. The molecule has 2 aromatic rings. The molecule has 3 rings (SSSR count). The van der Waals surface area contributed by atoms with E-state index in [1.165, 1.54) is 6.92 Å². The number of rotatable bonds is 4. The standard InChI is InChI=1S/C15H19N5O3/c1-9(21)17-12-5-11(14(22)15(12)23)7-20-8-13(18-19-20)10-3-2-4-16-6-10/h2-4,6,8,11-12,14-15,22-23H,5,7H2,1H3,(H,17,21). The van der Waals surface area contributed by atoms with Gasteiger partial charge in [0.1, 0.15) is 11.8 Å². The summed E-state index contributed by atoms with van der Waals surface area (Å²) < 4.78 is 1.64. The van der Waals surface area contributed by atoms with E-state index < -0.39 is 18.2 Å². The molecule has 4 unspecified atom stereocenters. The third-order valence-corrected chi connectivity index (χ3v) is 4.11. The van der Waals surface area contributed by atoms with Gasteiger partial charge in [-0.1, -0.05) is 5.21 Å². The van der Waals surface area contributed by atoms with Gasteiger partial charge in [0.05, 0.1) is 18.3 Å². The molecular weight excluding hydrogens is 298 g/mol. The van der Waals surface area contributed by atoms with E-state index in [-0.39, 0.29) is 11.8 Å². The van der Waals surface area contributed by atoms with Crippen LogP contribution in [0.1, 0.15) is 13.3 Å². The van der Waals surface area contributed by atoms with Crippen molar-refractivity contribution < 1.29 is 15.0 Å². The van der Waals surface area contributed by atoms with Crippen LogP contribution in [0.2, 0.25) is 0 Å². The summed E-state index contributed by atoms with van der Waals surface area (Å²) in [6.07, 6.45) is 3.79. The number of amides is 1. The Kier molecular flexibility index (Phi) is 4.35. The average molecular weight is 317 g/mol. The summed E-state index contributed by atoms with van der Waals surface area (Å²) in [7, 11) is 0. The van der Waals surface area contributed by atoms with Crippen LogP contribution >= 0.6 is 0 Å². The monoisotopic (exact) mass is 317 g/mol. The fourth-order valence-corrected chi connectivity index (χ4v) is 2.98. The van der Waals surface area contributed by atoms with Crippen LogP contribution in [-0.4, -0.2) is 54.3 Å². The maximum absolute atomic E-state index is 11.1. The zero-order valence-corrected chi connectivity index (χ0v) is 12.7. The second-order valence-corrected chi connectivity index (χ2v) is 5.85. The highest BCUT2D eigenvalue weighted by Gasteiger charge is 2.42. The van der Waals surface area contributed by atoms with Crippen LogP contribution in [0.25, 0.3) is 11.3 Å². The fourth-order valence-electron chi connectivity index (χ4n) is 2.98. The number of aromatic nitrogens is 4. The Morgan fingerprint density at radius 3 is 2.96 bits per heavy atom. The van der Waals surface area contributed by atoms with E-state index in [1.807, 2.05) is 12.1 Å². The summed E-state index contributed by atoms with van der Waals surface area (Å²) >= 11 is 0. The minimum atomic E-state index is -0.967. The molecule has 122 valence electrons. The lowest BCUT2D eigenvalue weighted by molar-refractivity contribution is -0.120. The van der Waals surface area contributed by atoms with Crippen molar-refractivity contribution in [2.75, 3.05) is 0 Å². The van der Waals surface area contributed by atoms with Crippen molar-refractivity contribution in [1.29, 1.82) is 0 Å². The van der Waals surface area contributed by atoms with Crippen LogP contribution < -0.4 is 5.32 Å². The predicted molar refractivity (Wildman–Crippen MR) is 81.0 cm³/mol. The van der Waals surface area contributed by atoms with Gasteiger partial charge in [-0.25, -0.2) is 0 Å². The number of hydrogen-bond donors (Lipinski definition) is 3. The van der Waals surface area contributed by atoms with E-state index in [0.29, 0.717) is 18.7 Å². The van der Waals surface area contributed by atoms with Gasteiger partial charge in [-0.05, 0) is 18.6 Å². The maximum atomic E-state index is 11.1. The third kappa shape index (κ3) is 3.38. The molecule has 1 saturated carbocycles. The molecule has 1 aliphatic rings. The van der Waals surface area contributed by atoms with Crippen LogP contribution in [0.15, 0.2) is 30.7 Å². The van der Waals surface area contributed by atoms with Crippen molar-refractivity contribution >= 4 is 5.91 Å². The van der Waals surface area contributed by atoms with Crippen LogP contribution in [0.3, 0.4) is 0 Å². The Bertz CT molecular complexity index is 675. The number of carbonyl (C=O) groups is 1. The van der Waals surface area contributed by atoms with Crippen molar-refractivity contribution in [2.45, 2.75) is 38.1 Å². The fraction of sp³-hybridized carbons (Fsp3) is 0.467. The highest BCUT2D eigenvalue weighted by molar-refractivity contribution is 5.73. The van der Waals surface area contributed by atoms with E-state index in [1.54, 1.807) is 23.3 Å². The number of hydrogen-bond acceptors (Lipinski definition) is 6. The second-order valence-electron chi connectivity index (χ2n) is 5.85. The lowest BCUT2D eigenvalue weighted by Crippen LogP contribution is -2.42. The topological polar surface area (TPSA) is 113 Å². The first-order valence-corrected chi connectivity index (χ1v) is 7.48. The summed E-state index contributed by atoms with van der Waals surface area (Å²) in [5.41, 5.74) is 1.56. The van der Waals surface area contributed by atoms with Gasteiger partial charge in [-0.3, -0.25) is 14.5 Å². The first-order chi connectivity index (χ1) is 11.0. The molecule has 2 aromatic heterocycles. The van der Waals surface area contributed by atoms with Crippen molar-refractivity contribution in [3.05, 3.63) is 30.7 Å². The van der Waals surface area contributed by atoms with Gasteiger partial charge < -0.3 is 15.5 Å². The molecule has 0 aromatic carbocycles. The molecule has 0 aliphatic heterocycles. The number of aliphatic hydroxyl groups is 2.